The Morgan fingerprint density at radius 3 is 2.83 bits per heavy atom. The van der Waals surface area contributed by atoms with Gasteiger partial charge in [-0.05, 0) is 12.5 Å². The van der Waals surface area contributed by atoms with E-state index in [-0.39, 0.29) is 5.91 Å². The standard InChI is InChI=1S/C14H22N2O2/c1-3-4-8-12(15)14(17)16-10-11-7-5-6-9-13(11)18-2/h5-7,9,12H,3-4,8,10,15H2,1-2H3,(H,16,17). The molecule has 1 atom stereocenters. The van der Waals surface area contributed by atoms with Gasteiger partial charge in [0.05, 0.1) is 13.2 Å². The van der Waals surface area contributed by atoms with Crippen LogP contribution in [-0.2, 0) is 11.3 Å². The summed E-state index contributed by atoms with van der Waals surface area (Å²) in [5.41, 5.74) is 6.75. The molecule has 1 aromatic carbocycles. The van der Waals surface area contributed by atoms with Gasteiger partial charge in [0, 0.05) is 12.1 Å². The molecule has 1 amide bonds. The van der Waals surface area contributed by atoms with Crippen molar-refractivity contribution >= 4 is 5.91 Å². The number of ether oxygens (including phenoxy) is 1. The van der Waals surface area contributed by atoms with E-state index in [2.05, 4.69) is 12.2 Å². The fraction of sp³-hybridized carbons (Fsp3) is 0.500. The number of hydrogen-bond donors (Lipinski definition) is 2. The first kappa shape index (κ1) is 14.5. The average molecular weight is 250 g/mol. The number of benzene rings is 1. The molecule has 0 spiro atoms. The van der Waals surface area contributed by atoms with Crippen LogP contribution in [0.2, 0.25) is 0 Å². The van der Waals surface area contributed by atoms with Crippen LogP contribution in [0.15, 0.2) is 24.3 Å². The van der Waals surface area contributed by atoms with Crippen LogP contribution in [0.5, 0.6) is 5.75 Å². The molecular weight excluding hydrogens is 228 g/mol. The van der Waals surface area contributed by atoms with Crippen LogP contribution in [0.4, 0.5) is 0 Å². The van der Waals surface area contributed by atoms with Gasteiger partial charge >= 0.3 is 0 Å². The fourth-order valence-corrected chi connectivity index (χ4v) is 1.72. The number of para-hydroxylation sites is 1. The Morgan fingerprint density at radius 1 is 1.44 bits per heavy atom. The van der Waals surface area contributed by atoms with Crippen molar-refractivity contribution in [3.8, 4) is 5.75 Å². The highest BCUT2D eigenvalue weighted by Crippen LogP contribution is 2.16. The van der Waals surface area contributed by atoms with E-state index in [9.17, 15) is 4.79 Å². The molecule has 4 heteroatoms. The van der Waals surface area contributed by atoms with Gasteiger partial charge in [0.2, 0.25) is 5.91 Å². The number of carbonyl (C=O) groups excluding carboxylic acids is 1. The van der Waals surface area contributed by atoms with Gasteiger partial charge in [-0.25, -0.2) is 0 Å². The van der Waals surface area contributed by atoms with Crippen LogP contribution in [0.3, 0.4) is 0 Å². The summed E-state index contributed by atoms with van der Waals surface area (Å²) in [5.74, 6) is 0.675. The van der Waals surface area contributed by atoms with Crippen molar-refractivity contribution in [2.24, 2.45) is 5.73 Å². The molecule has 0 radical (unpaired) electrons. The summed E-state index contributed by atoms with van der Waals surface area (Å²) in [6.45, 7) is 2.53. The van der Waals surface area contributed by atoms with Crippen molar-refractivity contribution < 1.29 is 9.53 Å². The Hall–Kier alpha value is -1.55. The lowest BCUT2D eigenvalue weighted by atomic mass is 10.1. The predicted molar refractivity (Wildman–Crippen MR) is 72.3 cm³/mol. The Kier molecular flexibility index (Phi) is 6.22. The van der Waals surface area contributed by atoms with Crippen LogP contribution in [-0.4, -0.2) is 19.1 Å². The van der Waals surface area contributed by atoms with Crippen LogP contribution in [0.1, 0.15) is 31.7 Å². The quantitative estimate of drug-likeness (QED) is 0.776. The van der Waals surface area contributed by atoms with E-state index in [1.165, 1.54) is 0 Å². The van der Waals surface area contributed by atoms with Crippen LogP contribution in [0.25, 0.3) is 0 Å². The van der Waals surface area contributed by atoms with E-state index in [4.69, 9.17) is 10.5 Å². The zero-order valence-electron chi connectivity index (χ0n) is 11.1. The lowest BCUT2D eigenvalue weighted by Gasteiger charge is -2.13. The van der Waals surface area contributed by atoms with Crippen molar-refractivity contribution in [1.29, 1.82) is 0 Å². The number of nitrogens with two attached hydrogens (primary N) is 1. The largest absolute Gasteiger partial charge is 0.496 e. The number of amides is 1. The highest BCUT2D eigenvalue weighted by Gasteiger charge is 2.12. The molecule has 4 nitrogen and oxygen atoms in total. The lowest BCUT2D eigenvalue weighted by molar-refractivity contribution is -0.122. The maximum atomic E-state index is 11.7. The maximum Gasteiger partial charge on any atom is 0.237 e. The van der Waals surface area contributed by atoms with Gasteiger partial charge in [-0.15, -0.1) is 0 Å². The highest BCUT2D eigenvalue weighted by molar-refractivity contribution is 5.81. The first-order valence-corrected chi connectivity index (χ1v) is 6.34. The van der Waals surface area contributed by atoms with Gasteiger partial charge < -0.3 is 15.8 Å². The summed E-state index contributed by atoms with van der Waals surface area (Å²) in [6, 6.07) is 7.20. The highest BCUT2D eigenvalue weighted by atomic mass is 16.5. The molecule has 3 N–H and O–H groups in total. The molecule has 0 saturated carbocycles. The maximum absolute atomic E-state index is 11.7. The van der Waals surface area contributed by atoms with Gasteiger partial charge in [0.15, 0.2) is 0 Å². The van der Waals surface area contributed by atoms with Crippen molar-refractivity contribution in [2.45, 2.75) is 38.8 Å². The molecule has 18 heavy (non-hydrogen) atoms. The minimum Gasteiger partial charge on any atom is -0.496 e. The molecule has 1 rings (SSSR count). The molecule has 0 saturated heterocycles. The van der Waals surface area contributed by atoms with Gasteiger partial charge in [0.1, 0.15) is 5.75 Å². The Morgan fingerprint density at radius 2 is 2.17 bits per heavy atom. The number of unbranched alkanes of at least 4 members (excludes halogenated alkanes) is 1. The van der Waals surface area contributed by atoms with E-state index >= 15 is 0 Å². The third kappa shape index (κ3) is 4.37. The average Bonchev–Trinajstić information content (AvgIpc) is 2.42. The van der Waals surface area contributed by atoms with Gasteiger partial charge in [0.25, 0.3) is 0 Å². The molecule has 0 heterocycles. The number of methoxy groups -OCH3 is 1. The summed E-state index contributed by atoms with van der Waals surface area (Å²) in [4.78, 5) is 11.7. The smallest absolute Gasteiger partial charge is 0.237 e. The number of hydrogen-bond acceptors (Lipinski definition) is 3. The minimum atomic E-state index is -0.417. The summed E-state index contributed by atoms with van der Waals surface area (Å²) in [6.07, 6.45) is 2.75. The van der Waals surface area contributed by atoms with Gasteiger partial charge in [-0.2, -0.15) is 0 Å². The summed E-state index contributed by atoms with van der Waals surface area (Å²) >= 11 is 0. The number of carbonyl (C=O) groups is 1. The molecule has 0 bridgehead atoms. The third-order valence-corrected chi connectivity index (χ3v) is 2.85. The van der Waals surface area contributed by atoms with Crippen molar-refractivity contribution in [3.63, 3.8) is 0 Å². The molecule has 100 valence electrons. The third-order valence-electron chi connectivity index (χ3n) is 2.85. The van der Waals surface area contributed by atoms with Crippen LogP contribution in [0, 0.1) is 0 Å². The number of rotatable bonds is 7. The van der Waals surface area contributed by atoms with E-state index in [1.54, 1.807) is 7.11 Å². The zero-order chi connectivity index (χ0) is 13.4. The Bertz CT molecular complexity index is 380. The first-order chi connectivity index (χ1) is 8.69. The Labute approximate surface area is 109 Å². The second-order valence-corrected chi connectivity index (χ2v) is 4.28. The summed E-state index contributed by atoms with van der Waals surface area (Å²) in [7, 11) is 1.62. The molecule has 0 aliphatic carbocycles. The van der Waals surface area contributed by atoms with E-state index < -0.39 is 6.04 Å². The summed E-state index contributed by atoms with van der Waals surface area (Å²) in [5, 5.41) is 2.84. The topological polar surface area (TPSA) is 64.4 Å². The van der Waals surface area contributed by atoms with E-state index in [0.29, 0.717) is 6.54 Å². The van der Waals surface area contributed by atoms with Crippen molar-refractivity contribution in [3.05, 3.63) is 29.8 Å². The molecule has 1 aromatic rings. The molecular formula is C14H22N2O2. The van der Waals surface area contributed by atoms with E-state index in [1.807, 2.05) is 24.3 Å². The molecule has 0 aromatic heterocycles. The van der Waals surface area contributed by atoms with Crippen molar-refractivity contribution in [2.75, 3.05) is 7.11 Å². The first-order valence-electron chi connectivity index (χ1n) is 6.34. The SMILES string of the molecule is CCCCC(N)C(=O)NCc1ccccc1OC. The van der Waals surface area contributed by atoms with E-state index in [0.717, 1.165) is 30.6 Å². The second kappa shape index (κ2) is 7.71. The van der Waals surface area contributed by atoms with Gasteiger partial charge in [-0.1, -0.05) is 38.0 Å². The Balaban J connectivity index is 2.46. The predicted octanol–water partition coefficient (Wildman–Crippen LogP) is 1.83. The summed E-state index contributed by atoms with van der Waals surface area (Å²) < 4.78 is 5.22. The monoisotopic (exact) mass is 250 g/mol. The van der Waals surface area contributed by atoms with Crippen molar-refractivity contribution in [1.82, 2.24) is 5.32 Å². The minimum absolute atomic E-state index is 0.102. The normalized spacial score (nSPS) is 11.9. The molecule has 0 aliphatic heterocycles. The lowest BCUT2D eigenvalue weighted by Crippen LogP contribution is -2.40. The van der Waals surface area contributed by atoms with Crippen LogP contribution >= 0.6 is 0 Å². The number of nitrogens with one attached hydrogen (secondary N) is 1. The fourth-order valence-electron chi connectivity index (χ4n) is 1.72. The second-order valence-electron chi connectivity index (χ2n) is 4.28. The molecule has 0 aliphatic rings. The molecule has 1 unspecified atom stereocenters. The van der Waals surface area contributed by atoms with Crippen LogP contribution < -0.4 is 15.8 Å². The molecule has 0 fully saturated rings. The zero-order valence-corrected chi connectivity index (χ0v) is 11.1. The van der Waals surface area contributed by atoms with Gasteiger partial charge in [-0.3, -0.25) is 4.79 Å².